The van der Waals surface area contributed by atoms with Crippen LogP contribution >= 0.6 is 0 Å². The van der Waals surface area contributed by atoms with Crippen LogP contribution in [0.1, 0.15) is 31.2 Å². The number of rotatable bonds is 5. The van der Waals surface area contributed by atoms with E-state index in [9.17, 15) is 17.6 Å². The molecule has 0 saturated carbocycles. The lowest BCUT2D eigenvalue weighted by atomic mass is 9.93. The summed E-state index contributed by atoms with van der Waals surface area (Å²) in [5, 5.41) is 0. The first kappa shape index (κ1) is 16.3. The predicted molar refractivity (Wildman–Crippen MR) is 76.6 cm³/mol. The number of para-hydroxylation sites is 1. The van der Waals surface area contributed by atoms with Crippen LogP contribution in [0.2, 0.25) is 0 Å². The van der Waals surface area contributed by atoms with E-state index in [1.54, 1.807) is 37.3 Å². The molecule has 1 atom stereocenters. The summed E-state index contributed by atoms with van der Waals surface area (Å²) in [4.78, 5) is 0. The van der Waals surface area contributed by atoms with Crippen molar-refractivity contribution in [3.8, 4) is 11.5 Å². The van der Waals surface area contributed by atoms with E-state index in [0.717, 1.165) is 12.1 Å². The van der Waals surface area contributed by atoms with Gasteiger partial charge in [-0.15, -0.1) is 0 Å². The second-order valence-electron chi connectivity index (χ2n) is 4.99. The molecule has 2 aromatic rings. The van der Waals surface area contributed by atoms with E-state index in [4.69, 9.17) is 4.74 Å². The smallest absolute Gasteiger partial charge is 0.395 e. The maximum absolute atomic E-state index is 13.8. The lowest BCUT2D eigenvalue weighted by Crippen LogP contribution is -2.20. The third-order valence-electron chi connectivity index (χ3n) is 3.30. The van der Waals surface area contributed by atoms with Crippen LogP contribution in [-0.4, -0.2) is 6.18 Å². The number of halogens is 4. The Kier molecular flexibility index (Phi) is 5.06. The topological polar surface area (TPSA) is 9.23 Å². The van der Waals surface area contributed by atoms with Gasteiger partial charge >= 0.3 is 6.18 Å². The molecule has 0 fully saturated rings. The second kappa shape index (κ2) is 6.81. The Bertz CT molecular complexity index is 608. The molecular weight excluding hydrogens is 296 g/mol. The second-order valence-corrected chi connectivity index (χ2v) is 4.99. The van der Waals surface area contributed by atoms with Gasteiger partial charge in [0.2, 0.25) is 0 Å². The van der Waals surface area contributed by atoms with Crippen molar-refractivity contribution >= 4 is 0 Å². The molecule has 0 N–H and O–H groups in total. The molecule has 0 aliphatic carbocycles. The van der Waals surface area contributed by atoms with Crippen molar-refractivity contribution in [1.82, 2.24) is 0 Å². The molecule has 1 unspecified atom stereocenters. The van der Waals surface area contributed by atoms with Crippen LogP contribution in [-0.2, 0) is 0 Å². The molecule has 2 rings (SSSR count). The van der Waals surface area contributed by atoms with Gasteiger partial charge in [-0.2, -0.15) is 13.2 Å². The van der Waals surface area contributed by atoms with Crippen LogP contribution in [0, 0.1) is 5.82 Å². The molecule has 1 nitrogen and oxygen atoms in total. The minimum absolute atomic E-state index is 0.0154. The minimum atomic E-state index is -4.36. The zero-order valence-electron chi connectivity index (χ0n) is 12.0. The summed E-state index contributed by atoms with van der Waals surface area (Å²) in [5.74, 6) is -2.13. The van der Waals surface area contributed by atoms with Crippen LogP contribution in [0.15, 0.2) is 48.5 Å². The molecule has 0 aromatic heterocycles. The molecule has 118 valence electrons. The Morgan fingerprint density at radius 1 is 1.05 bits per heavy atom. The number of hydrogen-bond donors (Lipinski definition) is 0. The minimum Gasteiger partial charge on any atom is -0.454 e. The third kappa shape index (κ3) is 4.00. The van der Waals surface area contributed by atoms with Gasteiger partial charge < -0.3 is 4.74 Å². The zero-order valence-corrected chi connectivity index (χ0v) is 12.0. The van der Waals surface area contributed by atoms with Crippen molar-refractivity contribution < 1.29 is 22.3 Å². The zero-order chi connectivity index (χ0) is 16.2. The number of alkyl halides is 3. The molecule has 0 aliphatic rings. The van der Waals surface area contributed by atoms with Crippen molar-refractivity contribution in [3.05, 3.63) is 59.9 Å². The van der Waals surface area contributed by atoms with Crippen LogP contribution in [0.4, 0.5) is 17.6 Å². The predicted octanol–water partition coefficient (Wildman–Crippen LogP) is 6.06. The molecule has 22 heavy (non-hydrogen) atoms. The standard InChI is InChI=1S/C17H16F4O/c1-2-6-14(17(19,20)21)12-9-10-15(18)16(11-12)22-13-7-4-3-5-8-13/h3-5,7-11,14H,2,6H2,1H3. The van der Waals surface area contributed by atoms with Gasteiger partial charge in [-0.1, -0.05) is 37.6 Å². The summed E-state index contributed by atoms with van der Waals surface area (Å²) in [6, 6.07) is 11.7. The van der Waals surface area contributed by atoms with Gasteiger partial charge in [0, 0.05) is 0 Å². The van der Waals surface area contributed by atoms with Crippen molar-refractivity contribution in [1.29, 1.82) is 0 Å². The average Bonchev–Trinajstić information content (AvgIpc) is 2.47. The summed E-state index contributed by atoms with van der Waals surface area (Å²) >= 11 is 0. The first-order valence-corrected chi connectivity index (χ1v) is 7.01. The highest BCUT2D eigenvalue weighted by Gasteiger charge is 2.40. The van der Waals surface area contributed by atoms with Gasteiger partial charge in [-0.05, 0) is 36.2 Å². The summed E-state index contributed by atoms with van der Waals surface area (Å²) in [6.07, 6.45) is -4.02. The first-order chi connectivity index (χ1) is 10.4. The van der Waals surface area contributed by atoms with E-state index in [2.05, 4.69) is 0 Å². The molecule has 0 aliphatic heterocycles. The van der Waals surface area contributed by atoms with Gasteiger partial charge in [0.15, 0.2) is 11.6 Å². The maximum Gasteiger partial charge on any atom is 0.395 e. The van der Waals surface area contributed by atoms with E-state index in [-0.39, 0.29) is 17.7 Å². The van der Waals surface area contributed by atoms with Gasteiger partial charge in [0.25, 0.3) is 0 Å². The van der Waals surface area contributed by atoms with Crippen LogP contribution in [0.25, 0.3) is 0 Å². The molecule has 0 heterocycles. The summed E-state index contributed by atoms with van der Waals surface area (Å²) < 4.78 is 58.5. The quantitative estimate of drug-likeness (QED) is 0.609. The van der Waals surface area contributed by atoms with Crippen molar-refractivity contribution in [2.75, 3.05) is 0 Å². The maximum atomic E-state index is 13.8. The molecule has 0 bridgehead atoms. The number of hydrogen-bond acceptors (Lipinski definition) is 1. The van der Waals surface area contributed by atoms with Gasteiger partial charge in [0.05, 0.1) is 5.92 Å². The van der Waals surface area contributed by atoms with E-state index in [0.29, 0.717) is 12.2 Å². The highest BCUT2D eigenvalue weighted by atomic mass is 19.4. The summed E-state index contributed by atoms with van der Waals surface area (Å²) in [7, 11) is 0. The summed E-state index contributed by atoms with van der Waals surface area (Å²) in [6.45, 7) is 1.68. The van der Waals surface area contributed by atoms with Crippen LogP contribution < -0.4 is 4.74 Å². The number of ether oxygens (including phenoxy) is 1. The molecular formula is C17H16F4O. The van der Waals surface area contributed by atoms with Crippen molar-refractivity contribution in [2.24, 2.45) is 0 Å². The fraction of sp³-hybridized carbons (Fsp3) is 0.294. The molecule has 0 radical (unpaired) electrons. The Labute approximate surface area is 126 Å². The molecule has 0 spiro atoms. The normalized spacial score (nSPS) is 13.0. The van der Waals surface area contributed by atoms with Crippen molar-refractivity contribution in [2.45, 2.75) is 31.9 Å². The van der Waals surface area contributed by atoms with E-state index in [1.165, 1.54) is 6.07 Å². The van der Waals surface area contributed by atoms with Crippen LogP contribution in [0.3, 0.4) is 0 Å². The van der Waals surface area contributed by atoms with Crippen LogP contribution in [0.5, 0.6) is 11.5 Å². The Morgan fingerprint density at radius 2 is 1.73 bits per heavy atom. The van der Waals surface area contributed by atoms with Gasteiger partial charge in [0.1, 0.15) is 5.75 Å². The van der Waals surface area contributed by atoms with Gasteiger partial charge in [-0.25, -0.2) is 4.39 Å². The van der Waals surface area contributed by atoms with E-state index in [1.807, 2.05) is 0 Å². The molecule has 0 amide bonds. The fourth-order valence-corrected chi connectivity index (χ4v) is 2.24. The SMILES string of the molecule is CCCC(c1ccc(F)c(Oc2ccccc2)c1)C(F)(F)F. The van der Waals surface area contributed by atoms with E-state index < -0.39 is 17.9 Å². The largest absolute Gasteiger partial charge is 0.454 e. The Morgan fingerprint density at radius 3 is 2.32 bits per heavy atom. The lowest BCUT2D eigenvalue weighted by Gasteiger charge is -2.21. The molecule has 2 aromatic carbocycles. The first-order valence-electron chi connectivity index (χ1n) is 7.01. The molecule has 5 heteroatoms. The van der Waals surface area contributed by atoms with E-state index >= 15 is 0 Å². The average molecular weight is 312 g/mol. The Hall–Kier alpha value is -2.04. The van der Waals surface area contributed by atoms with Gasteiger partial charge in [-0.3, -0.25) is 0 Å². The number of benzene rings is 2. The monoisotopic (exact) mass is 312 g/mol. The Balaban J connectivity index is 2.33. The summed E-state index contributed by atoms with van der Waals surface area (Å²) in [5.41, 5.74) is 0.0154. The fourth-order valence-electron chi connectivity index (χ4n) is 2.24. The highest BCUT2D eigenvalue weighted by Crippen LogP contribution is 2.40. The third-order valence-corrected chi connectivity index (χ3v) is 3.30. The molecule has 0 saturated heterocycles. The van der Waals surface area contributed by atoms with Crippen molar-refractivity contribution in [3.63, 3.8) is 0 Å². The highest BCUT2D eigenvalue weighted by molar-refractivity contribution is 5.37. The lowest BCUT2D eigenvalue weighted by molar-refractivity contribution is -0.152.